The predicted molar refractivity (Wildman–Crippen MR) is 72.9 cm³/mol. The second kappa shape index (κ2) is 5.24. The topological polar surface area (TPSA) is 26.0 Å². The van der Waals surface area contributed by atoms with Crippen molar-refractivity contribution in [3.63, 3.8) is 0 Å². The summed E-state index contributed by atoms with van der Waals surface area (Å²) in [4.78, 5) is 0. The molecule has 1 aromatic carbocycles. The zero-order chi connectivity index (χ0) is 11.4. The first-order valence-electron chi connectivity index (χ1n) is 6.12. The summed E-state index contributed by atoms with van der Waals surface area (Å²) < 4.78 is 0. The van der Waals surface area contributed by atoms with E-state index in [4.69, 9.17) is 5.73 Å². The number of thioether (sulfide) groups is 1. The maximum absolute atomic E-state index is 6.60. The highest BCUT2D eigenvalue weighted by molar-refractivity contribution is 7.98. The summed E-state index contributed by atoms with van der Waals surface area (Å²) in [6.07, 6.45) is 8.12. The van der Waals surface area contributed by atoms with Crippen LogP contribution in [0.5, 0.6) is 0 Å². The lowest BCUT2D eigenvalue weighted by molar-refractivity contribution is 0.344. The summed E-state index contributed by atoms with van der Waals surface area (Å²) in [6.45, 7) is 0. The zero-order valence-electron chi connectivity index (χ0n) is 10.0. The fraction of sp³-hybridized carbons (Fsp3) is 0.571. The molecule has 0 radical (unpaired) electrons. The second-order valence-electron chi connectivity index (χ2n) is 4.76. The summed E-state index contributed by atoms with van der Waals surface area (Å²) in [5, 5.41) is 0. The molecular weight excluding hydrogens is 214 g/mol. The first-order chi connectivity index (χ1) is 7.76. The van der Waals surface area contributed by atoms with Gasteiger partial charge in [0, 0.05) is 5.54 Å². The van der Waals surface area contributed by atoms with Crippen molar-refractivity contribution in [1.82, 2.24) is 0 Å². The SMILES string of the molecule is CSCCCC1(N)CCCc2ccccc21. The number of rotatable bonds is 4. The third-order valence-corrected chi connectivity index (χ3v) is 4.29. The van der Waals surface area contributed by atoms with Crippen LogP contribution in [0.15, 0.2) is 24.3 Å². The van der Waals surface area contributed by atoms with E-state index >= 15 is 0 Å². The van der Waals surface area contributed by atoms with Gasteiger partial charge in [-0.15, -0.1) is 0 Å². The van der Waals surface area contributed by atoms with Gasteiger partial charge in [-0.25, -0.2) is 0 Å². The molecule has 1 nitrogen and oxygen atoms in total. The minimum Gasteiger partial charge on any atom is -0.321 e. The van der Waals surface area contributed by atoms with Gasteiger partial charge in [0.15, 0.2) is 0 Å². The van der Waals surface area contributed by atoms with E-state index < -0.39 is 0 Å². The molecule has 1 aliphatic rings. The summed E-state index contributed by atoms with van der Waals surface area (Å²) in [6, 6.07) is 8.73. The molecule has 1 aliphatic carbocycles. The Morgan fingerprint density at radius 2 is 2.19 bits per heavy atom. The van der Waals surface area contributed by atoms with Crippen molar-refractivity contribution in [2.24, 2.45) is 5.73 Å². The fourth-order valence-electron chi connectivity index (χ4n) is 2.74. The third kappa shape index (κ3) is 2.44. The van der Waals surface area contributed by atoms with Crippen molar-refractivity contribution in [2.45, 2.75) is 37.6 Å². The summed E-state index contributed by atoms with van der Waals surface area (Å²) in [5.74, 6) is 1.22. The molecule has 2 heteroatoms. The lowest BCUT2D eigenvalue weighted by atomic mass is 9.75. The Hall–Kier alpha value is -0.470. The van der Waals surface area contributed by atoms with Crippen molar-refractivity contribution < 1.29 is 0 Å². The maximum atomic E-state index is 6.60. The van der Waals surface area contributed by atoms with Crippen molar-refractivity contribution in [1.29, 1.82) is 0 Å². The van der Waals surface area contributed by atoms with Crippen molar-refractivity contribution in [3.05, 3.63) is 35.4 Å². The highest BCUT2D eigenvalue weighted by Gasteiger charge is 2.31. The normalized spacial score (nSPS) is 24.1. The molecule has 2 N–H and O–H groups in total. The smallest absolute Gasteiger partial charge is 0.0412 e. The van der Waals surface area contributed by atoms with Gasteiger partial charge in [-0.05, 0) is 55.2 Å². The molecule has 16 heavy (non-hydrogen) atoms. The lowest BCUT2D eigenvalue weighted by Gasteiger charge is -2.36. The van der Waals surface area contributed by atoms with Gasteiger partial charge in [0.1, 0.15) is 0 Å². The van der Waals surface area contributed by atoms with Crippen molar-refractivity contribution >= 4 is 11.8 Å². The standard InChI is InChI=1S/C14H21NS/c1-16-11-5-10-14(15)9-4-7-12-6-2-3-8-13(12)14/h2-3,6,8H,4-5,7,9-11,15H2,1H3. The average Bonchev–Trinajstić information content (AvgIpc) is 2.30. The molecule has 0 aromatic heterocycles. The van der Waals surface area contributed by atoms with Crippen LogP contribution in [0.3, 0.4) is 0 Å². The highest BCUT2D eigenvalue weighted by Crippen LogP contribution is 2.36. The predicted octanol–water partition coefficient (Wildman–Crippen LogP) is 3.32. The van der Waals surface area contributed by atoms with E-state index in [0.29, 0.717) is 0 Å². The number of nitrogens with two attached hydrogens (primary N) is 1. The van der Waals surface area contributed by atoms with Gasteiger partial charge in [0.2, 0.25) is 0 Å². The van der Waals surface area contributed by atoms with E-state index in [1.54, 1.807) is 0 Å². The highest BCUT2D eigenvalue weighted by atomic mass is 32.2. The number of benzene rings is 1. The summed E-state index contributed by atoms with van der Waals surface area (Å²) >= 11 is 1.91. The Bertz CT molecular complexity index is 350. The van der Waals surface area contributed by atoms with E-state index in [1.165, 1.54) is 36.1 Å². The molecule has 88 valence electrons. The molecule has 1 atom stereocenters. The maximum Gasteiger partial charge on any atom is 0.0412 e. The molecule has 0 saturated carbocycles. The van der Waals surface area contributed by atoms with E-state index in [-0.39, 0.29) is 5.54 Å². The van der Waals surface area contributed by atoms with Gasteiger partial charge in [-0.1, -0.05) is 24.3 Å². The van der Waals surface area contributed by atoms with Crippen LogP contribution in [0.2, 0.25) is 0 Å². The van der Waals surface area contributed by atoms with Crippen LogP contribution in [0.1, 0.15) is 36.8 Å². The van der Waals surface area contributed by atoms with Crippen LogP contribution in [-0.2, 0) is 12.0 Å². The van der Waals surface area contributed by atoms with Gasteiger partial charge in [-0.3, -0.25) is 0 Å². The molecule has 2 rings (SSSR count). The van der Waals surface area contributed by atoms with E-state index in [1.807, 2.05) is 11.8 Å². The van der Waals surface area contributed by atoms with Gasteiger partial charge in [0.05, 0.1) is 0 Å². The zero-order valence-corrected chi connectivity index (χ0v) is 10.9. The molecule has 0 spiro atoms. The summed E-state index contributed by atoms with van der Waals surface area (Å²) in [7, 11) is 0. The largest absolute Gasteiger partial charge is 0.321 e. The Morgan fingerprint density at radius 1 is 1.38 bits per heavy atom. The molecule has 0 fully saturated rings. The average molecular weight is 235 g/mol. The first kappa shape index (κ1) is 12.0. The molecule has 1 aromatic rings. The summed E-state index contributed by atoms with van der Waals surface area (Å²) in [5.41, 5.74) is 9.43. The van der Waals surface area contributed by atoms with Crippen molar-refractivity contribution in [3.8, 4) is 0 Å². The van der Waals surface area contributed by atoms with Crippen LogP contribution < -0.4 is 5.73 Å². The van der Waals surface area contributed by atoms with Gasteiger partial charge >= 0.3 is 0 Å². The fourth-order valence-corrected chi connectivity index (χ4v) is 3.18. The third-order valence-electron chi connectivity index (χ3n) is 3.59. The van der Waals surface area contributed by atoms with Crippen molar-refractivity contribution in [2.75, 3.05) is 12.0 Å². The number of hydrogen-bond acceptors (Lipinski definition) is 2. The first-order valence-corrected chi connectivity index (χ1v) is 7.52. The molecule has 0 aliphatic heterocycles. The van der Waals surface area contributed by atoms with Crippen LogP contribution in [0.25, 0.3) is 0 Å². The Balaban J connectivity index is 2.16. The second-order valence-corrected chi connectivity index (χ2v) is 5.75. The number of aryl methyl sites for hydroxylation is 1. The minimum atomic E-state index is -0.0510. The number of fused-ring (bicyclic) bond motifs is 1. The van der Waals surface area contributed by atoms with Crippen LogP contribution in [0.4, 0.5) is 0 Å². The Morgan fingerprint density at radius 3 is 3.00 bits per heavy atom. The Kier molecular flexibility index (Phi) is 3.93. The van der Waals surface area contributed by atoms with Crippen LogP contribution in [-0.4, -0.2) is 12.0 Å². The number of hydrogen-bond donors (Lipinski definition) is 1. The molecule has 0 amide bonds. The monoisotopic (exact) mass is 235 g/mol. The van der Waals surface area contributed by atoms with E-state index in [9.17, 15) is 0 Å². The molecular formula is C14H21NS. The lowest BCUT2D eigenvalue weighted by Crippen LogP contribution is -2.40. The molecule has 0 bridgehead atoms. The van der Waals surface area contributed by atoms with Crippen LogP contribution >= 0.6 is 11.8 Å². The quantitative estimate of drug-likeness (QED) is 0.810. The molecule has 0 heterocycles. The van der Waals surface area contributed by atoms with Gasteiger partial charge in [-0.2, -0.15) is 11.8 Å². The Labute approximate surface area is 103 Å². The molecule has 1 unspecified atom stereocenters. The van der Waals surface area contributed by atoms with E-state index in [0.717, 1.165) is 12.8 Å². The molecule has 0 saturated heterocycles. The van der Waals surface area contributed by atoms with Crippen LogP contribution in [0, 0.1) is 0 Å². The van der Waals surface area contributed by atoms with Gasteiger partial charge < -0.3 is 5.73 Å². The van der Waals surface area contributed by atoms with E-state index in [2.05, 4.69) is 30.5 Å². The minimum absolute atomic E-state index is 0.0510. The van der Waals surface area contributed by atoms with Gasteiger partial charge in [0.25, 0.3) is 0 Å².